The molecule has 8 heteroatoms. The maximum Gasteiger partial charge on any atom is 0.535 e. The lowest BCUT2D eigenvalue weighted by Crippen LogP contribution is -2.15. The Morgan fingerprint density at radius 1 is 1.17 bits per heavy atom. The van der Waals surface area contributed by atoms with E-state index in [0.29, 0.717) is 5.56 Å². The average Bonchev–Trinajstić information content (AvgIpc) is 2.90. The van der Waals surface area contributed by atoms with Crippen molar-refractivity contribution in [3.05, 3.63) is 57.5 Å². The highest BCUT2D eigenvalue weighted by atomic mass is 16.8. The molecule has 0 aliphatic rings. The van der Waals surface area contributed by atoms with Gasteiger partial charge >= 0.3 is 12.0 Å². The van der Waals surface area contributed by atoms with Crippen molar-refractivity contribution in [1.82, 2.24) is 0 Å². The van der Waals surface area contributed by atoms with Crippen LogP contribution in [0.4, 0.5) is 4.79 Å². The Labute approximate surface area is 138 Å². The monoisotopic (exact) mass is 336 g/mol. The van der Waals surface area contributed by atoms with Crippen LogP contribution in [0, 0.1) is 13.8 Å². The SMILES string of the molecule is CC.Cc1ccc(/C(N)=N\OC(=O)OCc2oc(=O)oc2C)cc1. The maximum absolute atomic E-state index is 11.4. The molecule has 2 N–H and O–H groups in total. The zero-order valence-electron chi connectivity index (χ0n) is 14.0. The first-order chi connectivity index (χ1) is 11.5. The largest absolute Gasteiger partial charge is 0.535 e. The standard InChI is InChI=1S/C14H14N2O6.C2H6/c1-8-3-5-10(6-4-8)12(15)16-22-13(17)19-7-11-9(2)20-14(18)21-11;1-2/h3-6H,7H2,1-2H3,(H2,15,16);1-2H3. The summed E-state index contributed by atoms with van der Waals surface area (Å²) in [5.41, 5.74) is 7.34. The second kappa shape index (κ2) is 9.19. The molecule has 1 aromatic carbocycles. The van der Waals surface area contributed by atoms with E-state index in [4.69, 9.17) is 10.5 Å². The van der Waals surface area contributed by atoms with Crippen LogP contribution in [0.3, 0.4) is 0 Å². The molecule has 130 valence electrons. The molecule has 0 atom stereocenters. The summed E-state index contributed by atoms with van der Waals surface area (Å²) in [4.78, 5) is 26.7. The van der Waals surface area contributed by atoms with Crippen molar-refractivity contribution in [3.8, 4) is 0 Å². The summed E-state index contributed by atoms with van der Waals surface area (Å²) in [7, 11) is 0. The first kappa shape index (κ1) is 19.0. The van der Waals surface area contributed by atoms with E-state index in [2.05, 4.69) is 18.8 Å². The van der Waals surface area contributed by atoms with Crippen LogP contribution >= 0.6 is 0 Å². The van der Waals surface area contributed by atoms with Gasteiger partial charge in [0.15, 0.2) is 24.0 Å². The van der Waals surface area contributed by atoms with Crippen LogP contribution in [0.15, 0.2) is 43.1 Å². The number of carbonyl (C=O) groups is 1. The third-order valence-electron chi connectivity index (χ3n) is 2.72. The smallest absolute Gasteiger partial charge is 0.424 e. The molecule has 0 aliphatic carbocycles. The fourth-order valence-corrected chi connectivity index (χ4v) is 1.52. The molecule has 0 saturated heterocycles. The van der Waals surface area contributed by atoms with Gasteiger partial charge in [0, 0.05) is 5.56 Å². The number of hydrogen-bond acceptors (Lipinski definition) is 7. The summed E-state index contributed by atoms with van der Waals surface area (Å²) in [5, 5.41) is 3.47. The predicted octanol–water partition coefficient (Wildman–Crippen LogP) is 2.85. The van der Waals surface area contributed by atoms with Crippen molar-refractivity contribution in [2.45, 2.75) is 34.3 Å². The summed E-state index contributed by atoms with van der Waals surface area (Å²) >= 11 is 0. The Morgan fingerprint density at radius 3 is 2.33 bits per heavy atom. The van der Waals surface area contributed by atoms with Crippen LogP contribution in [-0.2, 0) is 16.2 Å². The molecular formula is C16H20N2O6. The zero-order chi connectivity index (χ0) is 18.1. The Hall–Kier alpha value is -3.03. The van der Waals surface area contributed by atoms with Gasteiger partial charge in [-0.15, -0.1) is 0 Å². The number of nitrogens with zero attached hydrogens (tertiary/aromatic N) is 1. The molecule has 0 aliphatic heterocycles. The van der Waals surface area contributed by atoms with E-state index in [9.17, 15) is 9.59 Å². The summed E-state index contributed by atoms with van der Waals surface area (Å²) in [6.45, 7) is 7.13. The number of hydrogen-bond donors (Lipinski definition) is 1. The molecule has 24 heavy (non-hydrogen) atoms. The lowest BCUT2D eigenvalue weighted by Gasteiger charge is -2.02. The fourth-order valence-electron chi connectivity index (χ4n) is 1.52. The molecule has 0 fully saturated rings. The van der Waals surface area contributed by atoms with E-state index in [0.717, 1.165) is 5.56 Å². The van der Waals surface area contributed by atoms with Gasteiger partial charge in [-0.1, -0.05) is 48.8 Å². The van der Waals surface area contributed by atoms with Gasteiger partial charge in [-0.3, -0.25) is 4.84 Å². The van der Waals surface area contributed by atoms with Crippen molar-refractivity contribution in [3.63, 3.8) is 0 Å². The number of amidine groups is 1. The number of ether oxygens (including phenoxy) is 1. The molecular weight excluding hydrogens is 316 g/mol. The van der Waals surface area contributed by atoms with Gasteiger partial charge in [0.2, 0.25) is 0 Å². The minimum absolute atomic E-state index is 0.0305. The lowest BCUT2D eigenvalue weighted by atomic mass is 10.1. The van der Waals surface area contributed by atoms with E-state index >= 15 is 0 Å². The molecule has 0 radical (unpaired) electrons. The van der Waals surface area contributed by atoms with Gasteiger partial charge in [0.05, 0.1) is 0 Å². The highest BCUT2D eigenvalue weighted by Crippen LogP contribution is 2.07. The molecule has 1 heterocycles. The molecule has 0 saturated carbocycles. The third kappa shape index (κ3) is 5.64. The Morgan fingerprint density at radius 2 is 1.79 bits per heavy atom. The van der Waals surface area contributed by atoms with E-state index in [1.165, 1.54) is 6.92 Å². The molecule has 2 rings (SSSR count). The van der Waals surface area contributed by atoms with Gasteiger partial charge in [0.1, 0.15) is 0 Å². The van der Waals surface area contributed by atoms with Gasteiger partial charge in [0.25, 0.3) is 0 Å². The number of aryl methyl sites for hydroxylation is 2. The minimum Gasteiger partial charge on any atom is -0.424 e. The van der Waals surface area contributed by atoms with Crippen molar-refractivity contribution < 1.29 is 23.2 Å². The molecule has 2 aromatic rings. The van der Waals surface area contributed by atoms with Crippen LogP contribution in [0.5, 0.6) is 0 Å². The minimum atomic E-state index is -1.08. The summed E-state index contributed by atoms with van der Waals surface area (Å²) in [6, 6.07) is 7.18. The summed E-state index contributed by atoms with van der Waals surface area (Å²) in [6.07, 6.45) is -1.08. The van der Waals surface area contributed by atoms with Crippen LogP contribution in [0.1, 0.15) is 36.5 Å². The van der Waals surface area contributed by atoms with Crippen molar-refractivity contribution in [2.24, 2.45) is 10.9 Å². The van der Waals surface area contributed by atoms with Crippen molar-refractivity contribution in [2.75, 3.05) is 0 Å². The highest BCUT2D eigenvalue weighted by Gasteiger charge is 2.12. The molecule has 8 nitrogen and oxygen atoms in total. The number of rotatable bonds is 4. The van der Waals surface area contributed by atoms with Crippen LogP contribution in [0.25, 0.3) is 0 Å². The van der Waals surface area contributed by atoms with Gasteiger partial charge < -0.3 is 19.3 Å². The van der Waals surface area contributed by atoms with Crippen LogP contribution in [-0.4, -0.2) is 12.0 Å². The predicted molar refractivity (Wildman–Crippen MR) is 86.5 cm³/mol. The van der Waals surface area contributed by atoms with E-state index in [-0.39, 0.29) is 24.0 Å². The quantitative estimate of drug-likeness (QED) is 0.300. The Bertz CT molecular complexity index is 743. The van der Waals surface area contributed by atoms with E-state index in [1.54, 1.807) is 12.1 Å². The van der Waals surface area contributed by atoms with Crippen molar-refractivity contribution in [1.29, 1.82) is 0 Å². The van der Waals surface area contributed by atoms with Crippen LogP contribution in [0.2, 0.25) is 0 Å². The summed E-state index contributed by atoms with van der Waals surface area (Å²) in [5.74, 6) is -0.521. The lowest BCUT2D eigenvalue weighted by molar-refractivity contribution is 0.0468. The first-order valence-corrected chi connectivity index (χ1v) is 7.29. The van der Waals surface area contributed by atoms with Gasteiger partial charge in [-0.05, 0) is 13.8 Å². The molecule has 0 amide bonds. The van der Waals surface area contributed by atoms with Crippen LogP contribution < -0.4 is 11.6 Å². The topological polar surface area (TPSA) is 117 Å². The molecule has 0 unspecified atom stereocenters. The Balaban J connectivity index is 0.00000139. The normalized spacial score (nSPS) is 10.6. The molecule has 0 spiro atoms. The van der Waals surface area contributed by atoms with Gasteiger partial charge in [-0.25, -0.2) is 9.59 Å². The molecule has 0 bridgehead atoms. The summed E-state index contributed by atoms with van der Waals surface area (Å²) < 4.78 is 14.0. The second-order valence-electron chi connectivity index (χ2n) is 4.41. The number of oxime groups is 1. The average molecular weight is 336 g/mol. The highest BCUT2D eigenvalue weighted by molar-refractivity contribution is 5.97. The van der Waals surface area contributed by atoms with E-state index < -0.39 is 12.0 Å². The second-order valence-corrected chi connectivity index (χ2v) is 4.41. The van der Waals surface area contributed by atoms with E-state index in [1.807, 2.05) is 32.9 Å². The first-order valence-electron chi connectivity index (χ1n) is 7.29. The Kier molecular flexibility index (Phi) is 7.28. The number of nitrogens with two attached hydrogens (primary N) is 1. The third-order valence-corrected chi connectivity index (χ3v) is 2.72. The van der Waals surface area contributed by atoms with Crippen molar-refractivity contribution >= 4 is 12.0 Å². The zero-order valence-corrected chi connectivity index (χ0v) is 14.0. The number of benzene rings is 1. The maximum atomic E-state index is 11.4. The number of carbonyl (C=O) groups excluding carboxylic acids is 1. The fraction of sp³-hybridized carbons (Fsp3) is 0.312. The molecule has 1 aromatic heterocycles. The van der Waals surface area contributed by atoms with Gasteiger partial charge in [-0.2, -0.15) is 0 Å².